The Bertz CT molecular complexity index is 537. The standard InChI is InChI=1S/C21H39N3O3/c1-17(2)24(6)15-19(25)16-27-20-10-9-18(13-21(20)26-7)14-23(5)12-8-11-22(3)4/h9-10,13,17,19,25H,8,11-12,14-16H2,1-7H3/t19-/m0/s1. The van der Waals surface area contributed by atoms with Crippen LogP contribution in [0.25, 0.3) is 0 Å². The molecular weight excluding hydrogens is 342 g/mol. The second-order valence-electron chi connectivity index (χ2n) is 7.88. The molecule has 0 aliphatic rings. The monoisotopic (exact) mass is 381 g/mol. The molecule has 0 saturated carbocycles. The molecule has 1 rings (SSSR count). The van der Waals surface area contributed by atoms with E-state index in [-0.39, 0.29) is 6.61 Å². The lowest BCUT2D eigenvalue weighted by Gasteiger charge is -2.24. The number of ether oxygens (including phenoxy) is 2. The maximum atomic E-state index is 10.2. The molecule has 0 fully saturated rings. The zero-order chi connectivity index (χ0) is 20.4. The Morgan fingerprint density at radius 3 is 2.33 bits per heavy atom. The molecule has 0 bridgehead atoms. The van der Waals surface area contributed by atoms with Gasteiger partial charge >= 0.3 is 0 Å². The summed E-state index contributed by atoms with van der Waals surface area (Å²) in [5.74, 6) is 1.38. The highest BCUT2D eigenvalue weighted by molar-refractivity contribution is 5.43. The molecule has 0 spiro atoms. The molecule has 1 aromatic carbocycles. The van der Waals surface area contributed by atoms with Crippen molar-refractivity contribution in [2.45, 2.75) is 39.0 Å². The number of rotatable bonds is 13. The third kappa shape index (κ3) is 9.42. The molecule has 0 aliphatic carbocycles. The quantitative estimate of drug-likeness (QED) is 0.565. The average Bonchev–Trinajstić information content (AvgIpc) is 2.59. The molecule has 0 aromatic heterocycles. The fourth-order valence-corrected chi connectivity index (χ4v) is 2.76. The van der Waals surface area contributed by atoms with Crippen molar-refractivity contribution < 1.29 is 14.6 Å². The minimum absolute atomic E-state index is 0.247. The van der Waals surface area contributed by atoms with Crippen LogP contribution in [-0.4, -0.2) is 93.5 Å². The largest absolute Gasteiger partial charge is 0.493 e. The first-order chi connectivity index (χ1) is 12.7. The van der Waals surface area contributed by atoms with E-state index in [1.165, 1.54) is 5.56 Å². The summed E-state index contributed by atoms with van der Waals surface area (Å²) in [6.07, 6.45) is 0.606. The van der Waals surface area contributed by atoms with Crippen LogP contribution < -0.4 is 9.47 Å². The first kappa shape index (κ1) is 23.7. The van der Waals surface area contributed by atoms with Gasteiger partial charge in [0.2, 0.25) is 0 Å². The molecular formula is C21H39N3O3. The van der Waals surface area contributed by atoms with Crippen LogP contribution in [-0.2, 0) is 6.54 Å². The highest BCUT2D eigenvalue weighted by Crippen LogP contribution is 2.28. The van der Waals surface area contributed by atoms with Gasteiger partial charge in [0.05, 0.1) is 7.11 Å². The second kappa shape index (κ2) is 12.2. The third-order valence-corrected chi connectivity index (χ3v) is 4.64. The van der Waals surface area contributed by atoms with Gasteiger partial charge in [-0.3, -0.25) is 0 Å². The topological polar surface area (TPSA) is 48.4 Å². The van der Waals surface area contributed by atoms with Gasteiger partial charge in [0.1, 0.15) is 12.7 Å². The summed E-state index contributed by atoms with van der Waals surface area (Å²) in [6, 6.07) is 6.40. The van der Waals surface area contributed by atoms with Gasteiger partial charge in [0, 0.05) is 19.1 Å². The number of benzene rings is 1. The highest BCUT2D eigenvalue weighted by atomic mass is 16.5. The van der Waals surface area contributed by atoms with Crippen LogP contribution in [0.1, 0.15) is 25.8 Å². The molecule has 1 atom stereocenters. The third-order valence-electron chi connectivity index (χ3n) is 4.64. The van der Waals surface area contributed by atoms with Crippen molar-refractivity contribution >= 4 is 0 Å². The van der Waals surface area contributed by atoms with Crippen LogP contribution in [0, 0.1) is 0 Å². The first-order valence-electron chi connectivity index (χ1n) is 9.74. The summed E-state index contributed by atoms with van der Waals surface area (Å²) >= 11 is 0. The summed E-state index contributed by atoms with van der Waals surface area (Å²) in [4.78, 5) is 6.61. The number of likely N-dealkylation sites (N-methyl/N-ethyl adjacent to an activating group) is 1. The molecule has 6 heteroatoms. The van der Waals surface area contributed by atoms with Gasteiger partial charge in [0.25, 0.3) is 0 Å². The number of nitrogens with zero attached hydrogens (tertiary/aromatic N) is 3. The fourth-order valence-electron chi connectivity index (χ4n) is 2.76. The van der Waals surface area contributed by atoms with Crippen molar-refractivity contribution in [2.24, 2.45) is 0 Å². The number of hydrogen-bond donors (Lipinski definition) is 1. The molecule has 6 nitrogen and oxygen atoms in total. The van der Waals surface area contributed by atoms with E-state index in [1.807, 2.05) is 19.2 Å². The lowest BCUT2D eigenvalue weighted by atomic mass is 10.2. The van der Waals surface area contributed by atoms with E-state index in [0.29, 0.717) is 24.1 Å². The molecule has 0 heterocycles. The van der Waals surface area contributed by atoms with E-state index in [0.717, 1.165) is 26.1 Å². The predicted molar refractivity (Wildman–Crippen MR) is 112 cm³/mol. The van der Waals surface area contributed by atoms with Gasteiger partial charge in [-0.2, -0.15) is 0 Å². The van der Waals surface area contributed by atoms with E-state index in [1.54, 1.807) is 7.11 Å². The molecule has 1 aromatic rings. The van der Waals surface area contributed by atoms with Gasteiger partial charge < -0.3 is 29.3 Å². The fraction of sp³-hybridized carbons (Fsp3) is 0.714. The van der Waals surface area contributed by atoms with Gasteiger partial charge in [-0.05, 0) is 79.2 Å². The molecule has 0 saturated heterocycles. The highest BCUT2D eigenvalue weighted by Gasteiger charge is 2.13. The van der Waals surface area contributed by atoms with Crippen molar-refractivity contribution in [3.63, 3.8) is 0 Å². The number of hydrogen-bond acceptors (Lipinski definition) is 6. The first-order valence-corrected chi connectivity index (χ1v) is 9.74. The Labute approximate surface area is 165 Å². The normalized spacial score (nSPS) is 13.0. The van der Waals surface area contributed by atoms with Crippen molar-refractivity contribution in [1.29, 1.82) is 0 Å². The summed E-state index contributed by atoms with van der Waals surface area (Å²) in [5, 5.41) is 10.2. The Hall–Kier alpha value is -1.34. The SMILES string of the molecule is COc1cc(CN(C)CCCN(C)C)ccc1OC[C@@H](O)CN(C)C(C)C. The Balaban J connectivity index is 2.56. The van der Waals surface area contributed by atoms with Crippen LogP contribution in [0.15, 0.2) is 18.2 Å². The van der Waals surface area contributed by atoms with Crippen LogP contribution >= 0.6 is 0 Å². The van der Waals surface area contributed by atoms with Crippen LogP contribution in [0.5, 0.6) is 11.5 Å². The second-order valence-corrected chi connectivity index (χ2v) is 7.88. The molecule has 0 unspecified atom stereocenters. The van der Waals surface area contributed by atoms with Crippen LogP contribution in [0.4, 0.5) is 0 Å². The van der Waals surface area contributed by atoms with Gasteiger partial charge in [-0.15, -0.1) is 0 Å². The van der Waals surface area contributed by atoms with E-state index in [4.69, 9.17) is 9.47 Å². The van der Waals surface area contributed by atoms with Gasteiger partial charge in [-0.1, -0.05) is 6.07 Å². The van der Waals surface area contributed by atoms with Gasteiger partial charge in [-0.25, -0.2) is 0 Å². The summed E-state index contributed by atoms with van der Waals surface area (Å²) in [6.45, 7) is 8.04. The Morgan fingerprint density at radius 2 is 1.74 bits per heavy atom. The molecule has 0 amide bonds. The minimum Gasteiger partial charge on any atom is -0.493 e. The molecule has 0 radical (unpaired) electrons. The Morgan fingerprint density at radius 1 is 1.04 bits per heavy atom. The van der Waals surface area contributed by atoms with E-state index in [2.05, 4.69) is 55.8 Å². The van der Waals surface area contributed by atoms with Crippen LogP contribution in [0.2, 0.25) is 0 Å². The van der Waals surface area contributed by atoms with E-state index in [9.17, 15) is 5.11 Å². The van der Waals surface area contributed by atoms with Crippen molar-refractivity contribution in [3.05, 3.63) is 23.8 Å². The smallest absolute Gasteiger partial charge is 0.161 e. The van der Waals surface area contributed by atoms with Crippen molar-refractivity contribution in [1.82, 2.24) is 14.7 Å². The lowest BCUT2D eigenvalue weighted by Crippen LogP contribution is -2.36. The average molecular weight is 382 g/mol. The maximum Gasteiger partial charge on any atom is 0.161 e. The number of methoxy groups -OCH3 is 1. The van der Waals surface area contributed by atoms with Crippen molar-refractivity contribution in [2.75, 3.05) is 61.5 Å². The van der Waals surface area contributed by atoms with Crippen LogP contribution in [0.3, 0.4) is 0 Å². The van der Waals surface area contributed by atoms with E-state index < -0.39 is 6.10 Å². The lowest BCUT2D eigenvalue weighted by molar-refractivity contribution is 0.0668. The summed E-state index contributed by atoms with van der Waals surface area (Å²) in [7, 11) is 9.98. The molecule has 0 aliphatic heterocycles. The van der Waals surface area contributed by atoms with E-state index >= 15 is 0 Å². The summed E-state index contributed by atoms with van der Waals surface area (Å²) < 4.78 is 11.3. The molecule has 156 valence electrons. The summed E-state index contributed by atoms with van der Waals surface area (Å²) in [5.41, 5.74) is 1.19. The van der Waals surface area contributed by atoms with Crippen molar-refractivity contribution in [3.8, 4) is 11.5 Å². The maximum absolute atomic E-state index is 10.2. The minimum atomic E-state index is -0.537. The Kier molecular flexibility index (Phi) is 10.7. The van der Waals surface area contributed by atoms with Gasteiger partial charge in [0.15, 0.2) is 11.5 Å². The molecule has 1 N–H and O–H groups in total. The zero-order valence-electron chi connectivity index (χ0n) is 18.2. The zero-order valence-corrected chi connectivity index (χ0v) is 18.2. The predicted octanol–water partition coefficient (Wildman–Crippen LogP) is 2.16. The number of aliphatic hydroxyl groups excluding tert-OH is 1. The number of aliphatic hydroxyl groups is 1. The molecule has 27 heavy (non-hydrogen) atoms.